The van der Waals surface area contributed by atoms with E-state index in [4.69, 9.17) is 9.47 Å². The molecule has 33 heavy (non-hydrogen) atoms. The molecule has 0 spiro atoms. The summed E-state index contributed by atoms with van der Waals surface area (Å²) in [6.07, 6.45) is 0. The van der Waals surface area contributed by atoms with Crippen molar-refractivity contribution in [2.24, 2.45) is 7.05 Å². The first-order valence-corrected chi connectivity index (χ1v) is 12.6. The van der Waals surface area contributed by atoms with Crippen molar-refractivity contribution < 1.29 is 22.7 Å². The Morgan fingerprint density at radius 1 is 1.00 bits per heavy atom. The number of hydrogen-bond acceptors (Lipinski definition) is 6. The van der Waals surface area contributed by atoms with Gasteiger partial charge in [-0.3, -0.25) is 4.79 Å². The molecule has 0 bridgehead atoms. The summed E-state index contributed by atoms with van der Waals surface area (Å²) in [7, 11) is -0.410. The minimum Gasteiger partial charge on any atom is -0.497 e. The third-order valence-electron chi connectivity index (χ3n) is 6.69. The van der Waals surface area contributed by atoms with Crippen molar-refractivity contribution in [3.05, 3.63) is 41.2 Å². The first kappa shape index (κ1) is 23.6. The quantitative estimate of drug-likeness (QED) is 0.652. The summed E-state index contributed by atoms with van der Waals surface area (Å²) in [5.74, 6) is 0.525. The van der Waals surface area contributed by atoms with E-state index in [1.807, 2.05) is 24.3 Å². The average Bonchev–Trinajstić information content (AvgIpc) is 3.08. The van der Waals surface area contributed by atoms with Crippen LogP contribution in [0.2, 0.25) is 0 Å². The summed E-state index contributed by atoms with van der Waals surface area (Å²) >= 11 is 0. The summed E-state index contributed by atoms with van der Waals surface area (Å²) < 4.78 is 41.6. The second-order valence-electron chi connectivity index (χ2n) is 8.43. The molecular formula is C23H32N4O5S. The van der Waals surface area contributed by atoms with Crippen molar-refractivity contribution in [1.82, 2.24) is 13.8 Å². The molecule has 0 aliphatic carbocycles. The number of nitrogens with zero attached hydrogens (tertiary/aromatic N) is 4. The van der Waals surface area contributed by atoms with E-state index in [9.17, 15) is 13.2 Å². The molecule has 0 N–H and O–H groups in total. The predicted octanol–water partition coefficient (Wildman–Crippen LogP) is 1.63. The normalized spacial score (nSPS) is 17.9. The standard InChI is InChI=1S/C23H32N4O5S/c1-17-21(23(28)26-12-14-32-15-13-26)22(18(2)24(17)3)33(29,30)27-10-8-25(9-11-27)19-6-5-7-20(16-19)31-4/h5-7,16H,8-15H2,1-4H3. The van der Waals surface area contributed by atoms with Crippen LogP contribution in [0.5, 0.6) is 5.75 Å². The molecular weight excluding hydrogens is 444 g/mol. The van der Waals surface area contributed by atoms with Crippen molar-refractivity contribution in [3.8, 4) is 5.75 Å². The molecule has 3 heterocycles. The molecule has 0 unspecified atom stereocenters. The van der Waals surface area contributed by atoms with Gasteiger partial charge in [-0.1, -0.05) is 6.07 Å². The third kappa shape index (κ3) is 4.34. The lowest BCUT2D eigenvalue weighted by Gasteiger charge is -2.35. The molecule has 0 radical (unpaired) electrons. The molecule has 2 saturated heterocycles. The van der Waals surface area contributed by atoms with Gasteiger partial charge in [0, 0.05) is 69.5 Å². The molecule has 2 aromatic rings. The Morgan fingerprint density at radius 3 is 2.30 bits per heavy atom. The molecule has 2 fully saturated rings. The molecule has 2 aliphatic rings. The van der Waals surface area contributed by atoms with Crippen LogP contribution in [0.25, 0.3) is 0 Å². The van der Waals surface area contributed by atoms with Crippen molar-refractivity contribution >= 4 is 21.6 Å². The second kappa shape index (κ2) is 9.36. The van der Waals surface area contributed by atoms with E-state index in [0.717, 1.165) is 11.4 Å². The minimum atomic E-state index is -3.84. The van der Waals surface area contributed by atoms with Gasteiger partial charge in [0.2, 0.25) is 10.0 Å². The summed E-state index contributed by atoms with van der Waals surface area (Å²) in [6, 6.07) is 7.76. The zero-order valence-corrected chi connectivity index (χ0v) is 20.5. The molecule has 0 atom stereocenters. The number of morpholine rings is 1. The number of methoxy groups -OCH3 is 1. The van der Waals surface area contributed by atoms with Gasteiger partial charge in [0.05, 0.1) is 25.9 Å². The maximum absolute atomic E-state index is 13.8. The largest absolute Gasteiger partial charge is 0.497 e. The highest BCUT2D eigenvalue weighted by Crippen LogP contribution is 2.31. The molecule has 4 rings (SSSR count). The van der Waals surface area contributed by atoms with E-state index in [0.29, 0.717) is 63.9 Å². The van der Waals surface area contributed by atoms with Crippen LogP contribution in [0.15, 0.2) is 29.2 Å². The molecule has 180 valence electrons. The summed E-state index contributed by atoms with van der Waals surface area (Å²) in [5, 5.41) is 0. The van der Waals surface area contributed by atoms with E-state index < -0.39 is 10.0 Å². The van der Waals surface area contributed by atoms with E-state index >= 15 is 0 Å². The smallest absolute Gasteiger partial charge is 0.257 e. The van der Waals surface area contributed by atoms with Crippen LogP contribution in [0.4, 0.5) is 5.69 Å². The first-order chi connectivity index (χ1) is 15.8. The number of hydrogen-bond donors (Lipinski definition) is 0. The highest BCUT2D eigenvalue weighted by Gasteiger charge is 2.37. The number of sulfonamides is 1. The number of piperazine rings is 1. The zero-order chi connectivity index (χ0) is 23.8. The van der Waals surface area contributed by atoms with Gasteiger partial charge in [0.1, 0.15) is 10.6 Å². The van der Waals surface area contributed by atoms with Gasteiger partial charge >= 0.3 is 0 Å². The van der Waals surface area contributed by atoms with Gasteiger partial charge in [-0.15, -0.1) is 0 Å². The average molecular weight is 477 g/mol. The highest BCUT2D eigenvalue weighted by atomic mass is 32.2. The fourth-order valence-corrected chi connectivity index (χ4v) is 6.44. The molecule has 0 saturated carbocycles. The Bertz CT molecular complexity index is 1130. The number of anilines is 1. The molecule has 2 aliphatic heterocycles. The number of amides is 1. The molecule has 1 aromatic carbocycles. The molecule has 10 heteroatoms. The van der Waals surface area contributed by atoms with Crippen LogP contribution in [0, 0.1) is 13.8 Å². The minimum absolute atomic E-state index is 0.133. The van der Waals surface area contributed by atoms with Crippen molar-refractivity contribution in [3.63, 3.8) is 0 Å². The number of aromatic nitrogens is 1. The van der Waals surface area contributed by atoms with Crippen molar-refractivity contribution in [2.45, 2.75) is 18.7 Å². The summed E-state index contributed by atoms with van der Waals surface area (Å²) in [6.45, 7) is 7.23. The van der Waals surface area contributed by atoms with Gasteiger partial charge in [0.25, 0.3) is 5.91 Å². The lowest BCUT2D eigenvalue weighted by Crippen LogP contribution is -2.49. The van der Waals surface area contributed by atoms with Crippen molar-refractivity contribution in [1.29, 1.82) is 0 Å². The first-order valence-electron chi connectivity index (χ1n) is 11.2. The van der Waals surface area contributed by atoms with Gasteiger partial charge in [-0.05, 0) is 26.0 Å². The fourth-order valence-electron chi connectivity index (χ4n) is 4.53. The number of carbonyl (C=O) groups excluding carboxylic acids is 1. The lowest BCUT2D eigenvalue weighted by molar-refractivity contribution is 0.0300. The maximum atomic E-state index is 13.8. The number of benzene rings is 1. The molecule has 1 amide bonds. The fraction of sp³-hybridized carbons (Fsp3) is 0.522. The van der Waals surface area contributed by atoms with E-state index in [1.165, 1.54) is 4.31 Å². The number of carbonyl (C=O) groups is 1. The monoisotopic (exact) mass is 476 g/mol. The van der Waals surface area contributed by atoms with Crippen LogP contribution < -0.4 is 9.64 Å². The third-order valence-corrected chi connectivity index (χ3v) is 8.75. The molecule has 1 aromatic heterocycles. The summed E-state index contributed by atoms with van der Waals surface area (Å²) in [4.78, 5) is 17.4. The zero-order valence-electron chi connectivity index (χ0n) is 19.7. The van der Waals surface area contributed by atoms with Gasteiger partial charge < -0.3 is 23.8 Å². The van der Waals surface area contributed by atoms with Crippen LogP contribution in [-0.4, -0.2) is 87.7 Å². The summed E-state index contributed by atoms with van der Waals surface area (Å²) in [5.41, 5.74) is 2.53. The Balaban J connectivity index is 1.60. The van der Waals surface area contributed by atoms with Crippen LogP contribution >= 0.6 is 0 Å². The van der Waals surface area contributed by atoms with E-state index in [1.54, 1.807) is 37.5 Å². The SMILES string of the molecule is COc1cccc(N2CCN(S(=O)(=O)c3c(C(=O)N4CCOCC4)c(C)n(C)c3C)CC2)c1. The number of ether oxygens (including phenoxy) is 2. The van der Waals surface area contributed by atoms with E-state index in [2.05, 4.69) is 4.90 Å². The van der Waals surface area contributed by atoms with Crippen LogP contribution in [0.1, 0.15) is 21.7 Å². The lowest BCUT2D eigenvalue weighted by atomic mass is 10.2. The Labute approximate surface area is 195 Å². The highest BCUT2D eigenvalue weighted by molar-refractivity contribution is 7.89. The van der Waals surface area contributed by atoms with Gasteiger partial charge in [-0.25, -0.2) is 8.42 Å². The second-order valence-corrected chi connectivity index (χ2v) is 10.3. The molecule has 9 nitrogen and oxygen atoms in total. The van der Waals surface area contributed by atoms with Crippen molar-refractivity contribution in [2.75, 3.05) is 64.5 Å². The Morgan fingerprint density at radius 2 is 1.67 bits per heavy atom. The predicted molar refractivity (Wildman–Crippen MR) is 126 cm³/mol. The van der Waals surface area contributed by atoms with E-state index in [-0.39, 0.29) is 16.4 Å². The van der Waals surface area contributed by atoms with Crippen LogP contribution in [-0.2, 0) is 21.8 Å². The Hall–Kier alpha value is -2.56. The van der Waals surface area contributed by atoms with Gasteiger partial charge in [0.15, 0.2) is 0 Å². The number of rotatable bonds is 5. The van der Waals surface area contributed by atoms with Gasteiger partial charge in [-0.2, -0.15) is 4.31 Å². The topological polar surface area (TPSA) is 84.3 Å². The van der Waals surface area contributed by atoms with Crippen LogP contribution in [0.3, 0.4) is 0 Å². The Kier molecular flexibility index (Phi) is 6.69. The maximum Gasteiger partial charge on any atom is 0.257 e.